The van der Waals surface area contributed by atoms with Crippen LogP contribution in [0.25, 0.3) is 0 Å². The third kappa shape index (κ3) is 3.47. The average molecular weight is 316 g/mol. The second kappa shape index (κ2) is 6.58. The lowest BCUT2D eigenvalue weighted by Crippen LogP contribution is -2.50. The van der Waals surface area contributed by atoms with Gasteiger partial charge in [-0.05, 0) is 39.0 Å². The van der Waals surface area contributed by atoms with Crippen LogP contribution in [0.4, 0.5) is 0 Å². The minimum atomic E-state index is -0.250. The Hall–Kier alpha value is -2.08. The maximum absolute atomic E-state index is 12.7. The van der Waals surface area contributed by atoms with Crippen LogP contribution in [0.2, 0.25) is 0 Å². The SMILES string of the molecule is Cc1cc(C)n([C@H](C)C(=O)N2CCN(Cc3ccco3)CC2)n1. The molecule has 6 nitrogen and oxygen atoms in total. The number of nitrogens with zero attached hydrogens (tertiary/aromatic N) is 4. The summed E-state index contributed by atoms with van der Waals surface area (Å²) in [7, 11) is 0. The van der Waals surface area contributed by atoms with Gasteiger partial charge in [0.1, 0.15) is 11.8 Å². The Kier molecular flexibility index (Phi) is 4.52. The lowest BCUT2D eigenvalue weighted by Gasteiger charge is -2.35. The van der Waals surface area contributed by atoms with Crippen LogP contribution in [0, 0.1) is 13.8 Å². The Labute approximate surface area is 136 Å². The monoisotopic (exact) mass is 316 g/mol. The largest absolute Gasteiger partial charge is 0.468 e. The molecule has 0 radical (unpaired) electrons. The molecular weight excluding hydrogens is 292 g/mol. The van der Waals surface area contributed by atoms with Crippen molar-refractivity contribution in [2.75, 3.05) is 26.2 Å². The first kappa shape index (κ1) is 15.8. The van der Waals surface area contributed by atoms with E-state index in [2.05, 4.69) is 10.00 Å². The summed E-state index contributed by atoms with van der Waals surface area (Å²) in [4.78, 5) is 17.0. The van der Waals surface area contributed by atoms with Crippen LogP contribution < -0.4 is 0 Å². The lowest BCUT2D eigenvalue weighted by atomic mass is 10.2. The molecule has 1 fully saturated rings. The van der Waals surface area contributed by atoms with Crippen molar-refractivity contribution >= 4 is 5.91 Å². The molecule has 1 atom stereocenters. The zero-order chi connectivity index (χ0) is 16.4. The van der Waals surface area contributed by atoms with Gasteiger partial charge < -0.3 is 9.32 Å². The van der Waals surface area contributed by atoms with Crippen LogP contribution in [0.15, 0.2) is 28.9 Å². The molecule has 1 amide bonds. The number of piperazine rings is 1. The third-order valence-electron chi connectivity index (χ3n) is 4.41. The Morgan fingerprint density at radius 1 is 1.30 bits per heavy atom. The molecule has 0 aliphatic carbocycles. The number of carbonyl (C=O) groups excluding carboxylic acids is 1. The Bertz CT molecular complexity index is 654. The summed E-state index contributed by atoms with van der Waals surface area (Å²) < 4.78 is 7.21. The van der Waals surface area contributed by atoms with Crippen molar-refractivity contribution in [2.45, 2.75) is 33.4 Å². The summed E-state index contributed by atoms with van der Waals surface area (Å²) in [6, 6.07) is 5.65. The van der Waals surface area contributed by atoms with Crippen molar-refractivity contribution in [2.24, 2.45) is 0 Å². The van der Waals surface area contributed by atoms with E-state index < -0.39 is 0 Å². The molecule has 1 saturated heterocycles. The van der Waals surface area contributed by atoms with Crippen molar-refractivity contribution in [1.82, 2.24) is 19.6 Å². The van der Waals surface area contributed by atoms with Gasteiger partial charge in [0.05, 0.1) is 18.5 Å². The van der Waals surface area contributed by atoms with E-state index in [0.29, 0.717) is 0 Å². The summed E-state index contributed by atoms with van der Waals surface area (Å²) >= 11 is 0. The van der Waals surface area contributed by atoms with E-state index in [1.165, 1.54) is 0 Å². The highest BCUT2D eigenvalue weighted by Crippen LogP contribution is 2.16. The molecule has 3 rings (SSSR count). The highest BCUT2D eigenvalue weighted by atomic mass is 16.3. The van der Waals surface area contributed by atoms with Crippen molar-refractivity contribution in [3.05, 3.63) is 41.6 Å². The van der Waals surface area contributed by atoms with Gasteiger partial charge in [-0.2, -0.15) is 5.10 Å². The molecule has 0 bridgehead atoms. The van der Waals surface area contributed by atoms with Gasteiger partial charge in [0.2, 0.25) is 5.91 Å². The molecular formula is C17H24N4O2. The predicted molar refractivity (Wildman–Crippen MR) is 87.0 cm³/mol. The molecule has 0 saturated carbocycles. The summed E-state index contributed by atoms with van der Waals surface area (Å²) in [5.41, 5.74) is 1.98. The molecule has 2 aromatic rings. The number of amides is 1. The first-order chi connectivity index (χ1) is 11.0. The summed E-state index contributed by atoms with van der Waals surface area (Å²) in [6.07, 6.45) is 1.70. The van der Waals surface area contributed by atoms with Crippen molar-refractivity contribution in [3.63, 3.8) is 0 Å². The van der Waals surface area contributed by atoms with Crippen molar-refractivity contribution in [3.8, 4) is 0 Å². The third-order valence-corrected chi connectivity index (χ3v) is 4.41. The van der Waals surface area contributed by atoms with E-state index >= 15 is 0 Å². The van der Waals surface area contributed by atoms with Crippen LogP contribution >= 0.6 is 0 Å². The van der Waals surface area contributed by atoms with Crippen LogP contribution in [-0.4, -0.2) is 51.7 Å². The molecule has 0 N–H and O–H groups in total. The Morgan fingerprint density at radius 2 is 2.04 bits per heavy atom. The molecule has 1 aliphatic rings. The van der Waals surface area contributed by atoms with Gasteiger partial charge in [-0.3, -0.25) is 14.4 Å². The van der Waals surface area contributed by atoms with Crippen LogP contribution in [-0.2, 0) is 11.3 Å². The Morgan fingerprint density at radius 3 is 2.61 bits per heavy atom. The highest BCUT2D eigenvalue weighted by molar-refractivity contribution is 5.80. The molecule has 6 heteroatoms. The number of aromatic nitrogens is 2. The molecule has 23 heavy (non-hydrogen) atoms. The average Bonchev–Trinajstić information content (AvgIpc) is 3.16. The lowest BCUT2D eigenvalue weighted by molar-refractivity contribution is -0.136. The summed E-state index contributed by atoms with van der Waals surface area (Å²) in [5.74, 6) is 1.12. The number of aryl methyl sites for hydroxylation is 2. The number of rotatable bonds is 4. The fourth-order valence-corrected chi connectivity index (χ4v) is 3.16. The molecule has 3 heterocycles. The van der Waals surface area contributed by atoms with E-state index in [9.17, 15) is 4.79 Å². The zero-order valence-electron chi connectivity index (χ0n) is 14.0. The number of furan rings is 1. The van der Waals surface area contributed by atoms with Gasteiger partial charge in [0.15, 0.2) is 0 Å². The predicted octanol–water partition coefficient (Wildman–Crippen LogP) is 2.00. The van der Waals surface area contributed by atoms with Gasteiger partial charge in [-0.15, -0.1) is 0 Å². The maximum Gasteiger partial charge on any atom is 0.247 e. The summed E-state index contributed by atoms with van der Waals surface area (Å²) in [6.45, 7) is 9.93. The quantitative estimate of drug-likeness (QED) is 0.866. The number of hydrogen-bond acceptors (Lipinski definition) is 4. The smallest absolute Gasteiger partial charge is 0.247 e. The van der Waals surface area contributed by atoms with Crippen LogP contribution in [0.3, 0.4) is 0 Å². The Balaban J connectivity index is 1.56. The molecule has 0 unspecified atom stereocenters. The van der Waals surface area contributed by atoms with E-state index in [1.54, 1.807) is 6.26 Å². The highest BCUT2D eigenvalue weighted by Gasteiger charge is 2.27. The molecule has 1 aliphatic heterocycles. The van der Waals surface area contributed by atoms with Gasteiger partial charge >= 0.3 is 0 Å². The molecule has 0 aromatic carbocycles. The standard InChI is InChI=1S/C17H24N4O2/c1-13-11-14(2)21(18-13)15(3)17(22)20-8-6-19(7-9-20)12-16-5-4-10-23-16/h4-5,10-11,15H,6-9,12H2,1-3H3/t15-/m1/s1. The van der Waals surface area contributed by atoms with Gasteiger partial charge in [0.25, 0.3) is 0 Å². The minimum absolute atomic E-state index is 0.147. The summed E-state index contributed by atoms with van der Waals surface area (Å²) in [5, 5.41) is 4.44. The maximum atomic E-state index is 12.7. The fourth-order valence-electron chi connectivity index (χ4n) is 3.16. The van der Waals surface area contributed by atoms with Crippen molar-refractivity contribution < 1.29 is 9.21 Å². The van der Waals surface area contributed by atoms with E-state index in [1.807, 2.05) is 48.6 Å². The zero-order valence-corrected chi connectivity index (χ0v) is 14.0. The number of carbonyl (C=O) groups is 1. The topological polar surface area (TPSA) is 54.5 Å². The van der Waals surface area contributed by atoms with Gasteiger partial charge in [-0.1, -0.05) is 0 Å². The van der Waals surface area contributed by atoms with Crippen molar-refractivity contribution in [1.29, 1.82) is 0 Å². The van der Waals surface area contributed by atoms with Gasteiger partial charge in [-0.25, -0.2) is 0 Å². The van der Waals surface area contributed by atoms with E-state index in [-0.39, 0.29) is 11.9 Å². The molecule has 2 aromatic heterocycles. The van der Waals surface area contributed by atoms with Gasteiger partial charge in [0, 0.05) is 31.9 Å². The second-order valence-corrected chi connectivity index (χ2v) is 6.23. The molecule has 0 spiro atoms. The number of hydrogen-bond donors (Lipinski definition) is 0. The first-order valence-corrected chi connectivity index (χ1v) is 8.11. The normalized spacial score (nSPS) is 17.4. The minimum Gasteiger partial charge on any atom is -0.468 e. The van der Waals surface area contributed by atoms with E-state index in [0.717, 1.165) is 49.9 Å². The molecule has 124 valence electrons. The van der Waals surface area contributed by atoms with Crippen LogP contribution in [0.1, 0.15) is 30.1 Å². The fraction of sp³-hybridized carbons (Fsp3) is 0.529. The second-order valence-electron chi connectivity index (χ2n) is 6.23. The van der Waals surface area contributed by atoms with E-state index in [4.69, 9.17) is 4.42 Å². The first-order valence-electron chi connectivity index (χ1n) is 8.11. The van der Waals surface area contributed by atoms with Crippen LogP contribution in [0.5, 0.6) is 0 Å².